The number of carbonyl (C=O) groups is 1. The second kappa shape index (κ2) is 5.73. The molecule has 0 bridgehead atoms. The second-order valence-corrected chi connectivity index (χ2v) is 3.13. The quantitative estimate of drug-likeness (QED) is 0.588. The Morgan fingerprint density at radius 2 is 2.13 bits per heavy atom. The summed E-state index contributed by atoms with van der Waals surface area (Å²) in [5.41, 5.74) is 1.01. The first-order chi connectivity index (χ1) is 7.22. The van der Waals surface area contributed by atoms with Crippen molar-refractivity contribution in [2.45, 2.75) is 19.5 Å². The van der Waals surface area contributed by atoms with Crippen molar-refractivity contribution in [2.75, 3.05) is 0 Å². The molecule has 0 heterocycles. The van der Waals surface area contributed by atoms with Crippen LogP contribution in [-0.2, 0) is 16.0 Å². The van der Waals surface area contributed by atoms with Crippen LogP contribution < -0.4 is 5.32 Å². The lowest BCUT2D eigenvalue weighted by Gasteiger charge is -2.10. The zero-order chi connectivity index (χ0) is 11.1. The average Bonchev–Trinajstić information content (AvgIpc) is 2.18. The fourth-order valence-corrected chi connectivity index (χ4v) is 1.26. The van der Waals surface area contributed by atoms with Crippen LogP contribution in [0, 0.1) is 0 Å². The van der Waals surface area contributed by atoms with E-state index in [9.17, 15) is 9.59 Å². The van der Waals surface area contributed by atoms with Gasteiger partial charge in [-0.15, -0.1) is 0 Å². The third-order valence-electron chi connectivity index (χ3n) is 1.85. The van der Waals surface area contributed by atoms with Crippen LogP contribution in [0.1, 0.15) is 12.5 Å². The highest BCUT2D eigenvalue weighted by molar-refractivity contribution is 5.73. The minimum atomic E-state index is -0.526. The Kier molecular flexibility index (Phi) is 4.26. The number of benzene rings is 1. The van der Waals surface area contributed by atoms with E-state index in [4.69, 9.17) is 0 Å². The minimum Gasteiger partial charge on any atom is -0.333 e. The van der Waals surface area contributed by atoms with E-state index in [1.54, 1.807) is 0 Å². The number of hydrogen-bond acceptors (Lipinski definition) is 3. The molecule has 0 aliphatic carbocycles. The van der Waals surface area contributed by atoms with Crippen molar-refractivity contribution < 1.29 is 9.59 Å². The zero-order valence-corrected chi connectivity index (χ0v) is 8.43. The van der Waals surface area contributed by atoms with E-state index in [1.165, 1.54) is 13.0 Å². The first-order valence-electron chi connectivity index (χ1n) is 4.60. The smallest absolute Gasteiger partial charge is 0.237 e. The number of isocyanates is 1. The van der Waals surface area contributed by atoms with Crippen LogP contribution in [0.4, 0.5) is 0 Å². The van der Waals surface area contributed by atoms with E-state index in [1.807, 2.05) is 30.3 Å². The summed E-state index contributed by atoms with van der Waals surface area (Å²) in [7, 11) is 0. The summed E-state index contributed by atoms with van der Waals surface area (Å²) in [6.07, 6.45) is 1.42. The fraction of sp³-hybridized carbons (Fsp3) is 0.273. The van der Waals surface area contributed by atoms with Crippen LogP contribution >= 0.6 is 0 Å². The third-order valence-corrected chi connectivity index (χ3v) is 1.85. The highest BCUT2D eigenvalue weighted by Crippen LogP contribution is 2.03. The Labute approximate surface area is 88.0 Å². The molecule has 0 saturated carbocycles. The molecule has 1 aromatic rings. The van der Waals surface area contributed by atoms with Gasteiger partial charge in [0, 0.05) is 13.3 Å². The lowest BCUT2D eigenvalue weighted by Crippen LogP contribution is -2.33. The van der Waals surface area contributed by atoms with E-state index >= 15 is 0 Å². The highest BCUT2D eigenvalue weighted by Gasteiger charge is 2.08. The molecule has 0 aliphatic heterocycles. The van der Waals surface area contributed by atoms with Gasteiger partial charge in [0.15, 0.2) is 0 Å². The van der Waals surface area contributed by atoms with Gasteiger partial charge in [-0.25, -0.2) is 4.79 Å². The molecule has 1 unspecified atom stereocenters. The molecule has 4 heteroatoms. The third kappa shape index (κ3) is 4.20. The molecule has 0 spiro atoms. The maximum atomic E-state index is 10.8. The lowest BCUT2D eigenvalue weighted by atomic mass is 10.1. The van der Waals surface area contributed by atoms with Gasteiger partial charge in [-0.3, -0.25) is 4.79 Å². The average molecular weight is 204 g/mol. The van der Waals surface area contributed by atoms with Crippen molar-refractivity contribution in [1.29, 1.82) is 0 Å². The molecule has 0 saturated heterocycles. The predicted molar refractivity (Wildman–Crippen MR) is 55.9 cm³/mol. The summed E-state index contributed by atoms with van der Waals surface area (Å²) >= 11 is 0. The normalized spacial score (nSPS) is 11.3. The molecular weight excluding hydrogens is 192 g/mol. The van der Waals surface area contributed by atoms with Gasteiger partial charge in [0.2, 0.25) is 12.0 Å². The Morgan fingerprint density at radius 3 is 2.67 bits per heavy atom. The van der Waals surface area contributed by atoms with Gasteiger partial charge in [0.05, 0.1) is 0 Å². The van der Waals surface area contributed by atoms with Crippen molar-refractivity contribution >= 4 is 12.0 Å². The first-order valence-corrected chi connectivity index (χ1v) is 4.60. The van der Waals surface area contributed by atoms with Crippen molar-refractivity contribution in [3.63, 3.8) is 0 Å². The highest BCUT2D eigenvalue weighted by atomic mass is 16.1. The topological polar surface area (TPSA) is 58.5 Å². The largest absolute Gasteiger partial charge is 0.333 e. The first kappa shape index (κ1) is 11.1. The standard InChI is InChI=1S/C11H12N2O2/c1-9(15)13-11(12-8-14)7-10-5-3-2-4-6-10/h2-6,11H,7H2,1H3,(H,13,15). The molecule has 1 amide bonds. The second-order valence-electron chi connectivity index (χ2n) is 3.13. The summed E-state index contributed by atoms with van der Waals surface area (Å²) in [4.78, 5) is 24.5. The van der Waals surface area contributed by atoms with E-state index in [0.717, 1.165) is 5.56 Å². The number of rotatable bonds is 4. The number of amides is 1. The maximum Gasteiger partial charge on any atom is 0.237 e. The molecule has 78 valence electrons. The van der Waals surface area contributed by atoms with Gasteiger partial charge in [-0.05, 0) is 5.56 Å². The minimum absolute atomic E-state index is 0.213. The number of nitrogens with zero attached hydrogens (tertiary/aromatic N) is 1. The number of carbonyl (C=O) groups excluding carboxylic acids is 2. The molecule has 0 aliphatic rings. The van der Waals surface area contributed by atoms with Crippen molar-refractivity contribution in [3.8, 4) is 0 Å². The van der Waals surface area contributed by atoms with E-state index in [-0.39, 0.29) is 5.91 Å². The van der Waals surface area contributed by atoms with Crippen LogP contribution in [0.15, 0.2) is 35.3 Å². The summed E-state index contributed by atoms with van der Waals surface area (Å²) in [5, 5.41) is 2.56. The summed E-state index contributed by atoms with van der Waals surface area (Å²) in [6.45, 7) is 1.39. The van der Waals surface area contributed by atoms with Crippen molar-refractivity contribution in [1.82, 2.24) is 5.32 Å². The Balaban J connectivity index is 2.66. The molecule has 0 fully saturated rings. The molecule has 0 radical (unpaired) electrons. The van der Waals surface area contributed by atoms with Gasteiger partial charge in [-0.2, -0.15) is 4.99 Å². The lowest BCUT2D eigenvalue weighted by molar-refractivity contribution is -0.119. The Morgan fingerprint density at radius 1 is 1.47 bits per heavy atom. The molecular formula is C11H12N2O2. The van der Waals surface area contributed by atoms with Gasteiger partial charge in [-0.1, -0.05) is 30.3 Å². The zero-order valence-electron chi connectivity index (χ0n) is 8.43. The van der Waals surface area contributed by atoms with Gasteiger partial charge < -0.3 is 5.32 Å². The predicted octanol–water partition coefficient (Wildman–Crippen LogP) is 1.03. The van der Waals surface area contributed by atoms with Crippen LogP contribution in [0.2, 0.25) is 0 Å². The summed E-state index contributed by atoms with van der Waals surface area (Å²) < 4.78 is 0. The van der Waals surface area contributed by atoms with Gasteiger partial charge in [0.1, 0.15) is 6.17 Å². The maximum absolute atomic E-state index is 10.8. The monoisotopic (exact) mass is 204 g/mol. The van der Waals surface area contributed by atoms with Crippen molar-refractivity contribution in [3.05, 3.63) is 35.9 Å². The Bertz CT molecular complexity index is 369. The summed E-state index contributed by atoms with van der Waals surface area (Å²) in [5.74, 6) is -0.213. The number of aliphatic imine (C=N–C) groups is 1. The number of hydrogen-bond donors (Lipinski definition) is 1. The van der Waals surface area contributed by atoms with E-state index < -0.39 is 6.17 Å². The fourth-order valence-electron chi connectivity index (χ4n) is 1.26. The summed E-state index contributed by atoms with van der Waals surface area (Å²) in [6, 6.07) is 9.51. The number of nitrogens with one attached hydrogen (secondary N) is 1. The molecule has 1 rings (SSSR count). The van der Waals surface area contributed by atoms with Gasteiger partial charge in [0.25, 0.3) is 0 Å². The van der Waals surface area contributed by atoms with Crippen LogP contribution in [0.25, 0.3) is 0 Å². The van der Waals surface area contributed by atoms with E-state index in [2.05, 4.69) is 10.3 Å². The molecule has 1 aromatic carbocycles. The molecule has 1 atom stereocenters. The molecule has 4 nitrogen and oxygen atoms in total. The van der Waals surface area contributed by atoms with Gasteiger partial charge >= 0.3 is 0 Å². The van der Waals surface area contributed by atoms with E-state index in [0.29, 0.717) is 6.42 Å². The van der Waals surface area contributed by atoms with Crippen molar-refractivity contribution in [2.24, 2.45) is 4.99 Å². The SMILES string of the molecule is CC(=O)NC(Cc1ccccc1)N=C=O. The van der Waals surface area contributed by atoms with Crippen LogP contribution in [0.3, 0.4) is 0 Å². The molecule has 15 heavy (non-hydrogen) atoms. The molecule has 1 N–H and O–H groups in total. The Hall–Kier alpha value is -1.93. The van der Waals surface area contributed by atoms with Crippen LogP contribution in [-0.4, -0.2) is 18.2 Å². The van der Waals surface area contributed by atoms with Crippen LogP contribution in [0.5, 0.6) is 0 Å². The molecule has 0 aromatic heterocycles.